The Hall–Kier alpha value is -1.42. The molecule has 0 amide bonds. The number of aryl methyl sites for hydroxylation is 2. The molecule has 2 rings (SSSR count). The summed E-state index contributed by atoms with van der Waals surface area (Å²) < 4.78 is 19.1. The molecule has 0 spiro atoms. The Balaban J connectivity index is 0.00000338. The van der Waals surface area contributed by atoms with E-state index in [1.54, 1.807) is 17.4 Å². The Morgan fingerprint density at radius 3 is 2.62 bits per heavy atom. The van der Waals surface area contributed by atoms with Gasteiger partial charge in [-0.3, -0.25) is 0 Å². The van der Waals surface area contributed by atoms with Crippen LogP contribution < -0.4 is 15.4 Å². The Morgan fingerprint density at radius 2 is 2.04 bits per heavy atom. The van der Waals surface area contributed by atoms with Crippen LogP contribution in [-0.4, -0.2) is 24.1 Å². The second-order valence-corrected chi connectivity index (χ2v) is 6.78. The van der Waals surface area contributed by atoms with Crippen molar-refractivity contribution in [3.8, 4) is 5.75 Å². The van der Waals surface area contributed by atoms with Crippen LogP contribution in [0.15, 0.2) is 23.2 Å². The Kier molecular flexibility index (Phi) is 9.85. The fourth-order valence-corrected chi connectivity index (χ4v) is 3.08. The number of aliphatic imine (C=N–C) groups is 1. The second-order valence-electron chi connectivity index (χ2n) is 5.50. The fourth-order valence-electron chi connectivity index (χ4n) is 2.20. The molecule has 0 unspecified atom stereocenters. The number of ether oxygens (including phenoxy) is 1. The quantitative estimate of drug-likeness (QED) is 0.346. The molecular formula is C18H26FIN4OS. The van der Waals surface area contributed by atoms with Crippen molar-refractivity contribution in [3.63, 3.8) is 0 Å². The maximum Gasteiger partial charge on any atom is 0.191 e. The molecule has 2 N–H and O–H groups in total. The zero-order chi connectivity index (χ0) is 18.2. The molecule has 0 saturated heterocycles. The minimum Gasteiger partial charge on any atom is -0.491 e. The van der Waals surface area contributed by atoms with Gasteiger partial charge in [-0.05, 0) is 45.4 Å². The van der Waals surface area contributed by atoms with Crippen LogP contribution in [0.5, 0.6) is 5.75 Å². The molecule has 1 aromatic heterocycles. The number of guanidine groups is 1. The molecule has 1 heterocycles. The standard InChI is InChI=1S/C18H25FN4OS.HI/c1-5-20-18(22-11-17-23-12(3)13(4)25-17)21-10-14-7-8-16(24-6-2)15(19)9-14;/h7-9H,5-6,10-11H2,1-4H3,(H2,20,21,22);1H. The summed E-state index contributed by atoms with van der Waals surface area (Å²) in [6.07, 6.45) is 0. The third-order valence-corrected chi connectivity index (χ3v) is 4.61. The summed E-state index contributed by atoms with van der Waals surface area (Å²) >= 11 is 1.68. The van der Waals surface area contributed by atoms with Crippen molar-refractivity contribution < 1.29 is 9.13 Å². The average molecular weight is 492 g/mol. The molecule has 144 valence electrons. The molecule has 0 bridgehead atoms. The third kappa shape index (κ3) is 6.71. The number of halogens is 2. The molecule has 0 aliphatic carbocycles. The summed E-state index contributed by atoms with van der Waals surface area (Å²) in [5, 5.41) is 7.47. The first-order valence-electron chi connectivity index (χ1n) is 8.39. The highest BCUT2D eigenvalue weighted by molar-refractivity contribution is 14.0. The molecule has 8 heteroatoms. The van der Waals surface area contributed by atoms with Gasteiger partial charge in [0.2, 0.25) is 0 Å². The van der Waals surface area contributed by atoms with E-state index in [0.717, 1.165) is 22.8 Å². The first-order chi connectivity index (χ1) is 12.0. The van der Waals surface area contributed by atoms with E-state index < -0.39 is 0 Å². The van der Waals surface area contributed by atoms with Crippen LogP contribution in [-0.2, 0) is 13.1 Å². The van der Waals surface area contributed by atoms with Gasteiger partial charge < -0.3 is 15.4 Å². The molecule has 0 fully saturated rings. The van der Waals surface area contributed by atoms with Gasteiger partial charge in [0.15, 0.2) is 17.5 Å². The van der Waals surface area contributed by atoms with Crippen LogP contribution in [0.1, 0.15) is 35.0 Å². The average Bonchev–Trinajstić information content (AvgIpc) is 2.91. The molecule has 1 aromatic carbocycles. The van der Waals surface area contributed by atoms with Gasteiger partial charge in [-0.2, -0.15) is 0 Å². The molecule has 5 nitrogen and oxygen atoms in total. The van der Waals surface area contributed by atoms with Crippen LogP contribution in [0, 0.1) is 19.7 Å². The van der Waals surface area contributed by atoms with Crippen molar-refractivity contribution in [2.24, 2.45) is 4.99 Å². The van der Waals surface area contributed by atoms with Crippen molar-refractivity contribution in [2.45, 2.75) is 40.8 Å². The lowest BCUT2D eigenvalue weighted by Crippen LogP contribution is -2.36. The largest absolute Gasteiger partial charge is 0.491 e. The maximum atomic E-state index is 13.9. The zero-order valence-corrected chi connectivity index (χ0v) is 18.7. The van der Waals surface area contributed by atoms with E-state index in [1.165, 1.54) is 10.9 Å². The number of rotatable bonds is 7. The fraction of sp³-hybridized carbons (Fsp3) is 0.444. The van der Waals surface area contributed by atoms with Gasteiger partial charge in [-0.25, -0.2) is 14.4 Å². The van der Waals surface area contributed by atoms with Gasteiger partial charge in [-0.15, -0.1) is 35.3 Å². The summed E-state index contributed by atoms with van der Waals surface area (Å²) in [5.74, 6) is 0.596. The number of hydrogen-bond donors (Lipinski definition) is 2. The number of benzene rings is 1. The number of nitrogens with one attached hydrogen (secondary N) is 2. The summed E-state index contributed by atoms with van der Waals surface area (Å²) in [5.41, 5.74) is 1.85. The number of hydrogen-bond acceptors (Lipinski definition) is 4. The SMILES string of the molecule is CCNC(=NCc1ccc(OCC)c(F)c1)NCc1nc(C)c(C)s1.I. The molecule has 0 radical (unpaired) electrons. The third-order valence-electron chi connectivity index (χ3n) is 3.54. The van der Waals surface area contributed by atoms with Gasteiger partial charge in [0, 0.05) is 11.4 Å². The highest BCUT2D eigenvalue weighted by atomic mass is 127. The van der Waals surface area contributed by atoms with E-state index >= 15 is 0 Å². The van der Waals surface area contributed by atoms with Crippen LogP contribution in [0.3, 0.4) is 0 Å². The summed E-state index contributed by atoms with van der Waals surface area (Å²) in [6, 6.07) is 4.94. The number of thiazole rings is 1. The van der Waals surface area contributed by atoms with Crippen LogP contribution in [0.25, 0.3) is 0 Å². The first-order valence-corrected chi connectivity index (χ1v) is 9.21. The molecule has 0 saturated carbocycles. The summed E-state index contributed by atoms with van der Waals surface area (Å²) in [6.45, 7) is 10.1. The molecule has 0 aliphatic rings. The van der Waals surface area contributed by atoms with E-state index in [2.05, 4.69) is 27.5 Å². The van der Waals surface area contributed by atoms with Crippen LogP contribution in [0.2, 0.25) is 0 Å². The predicted octanol–water partition coefficient (Wildman–Crippen LogP) is 4.17. The van der Waals surface area contributed by atoms with Crippen molar-refractivity contribution in [2.75, 3.05) is 13.2 Å². The first kappa shape index (κ1) is 22.6. The lowest BCUT2D eigenvalue weighted by atomic mass is 10.2. The molecular weight excluding hydrogens is 466 g/mol. The van der Waals surface area contributed by atoms with E-state index in [-0.39, 0.29) is 35.5 Å². The summed E-state index contributed by atoms with van der Waals surface area (Å²) in [7, 11) is 0. The van der Waals surface area contributed by atoms with Gasteiger partial charge >= 0.3 is 0 Å². The Morgan fingerprint density at radius 1 is 1.27 bits per heavy atom. The van der Waals surface area contributed by atoms with Crippen molar-refractivity contribution >= 4 is 41.3 Å². The van der Waals surface area contributed by atoms with E-state index in [1.807, 2.05) is 26.8 Å². The highest BCUT2D eigenvalue weighted by Crippen LogP contribution is 2.19. The van der Waals surface area contributed by atoms with E-state index in [9.17, 15) is 4.39 Å². The minimum absolute atomic E-state index is 0. The zero-order valence-electron chi connectivity index (χ0n) is 15.6. The molecule has 2 aromatic rings. The van der Waals surface area contributed by atoms with Crippen molar-refractivity contribution in [1.29, 1.82) is 0 Å². The van der Waals surface area contributed by atoms with Crippen molar-refractivity contribution in [3.05, 3.63) is 45.2 Å². The lowest BCUT2D eigenvalue weighted by Gasteiger charge is -2.10. The lowest BCUT2D eigenvalue weighted by molar-refractivity contribution is 0.321. The highest BCUT2D eigenvalue weighted by Gasteiger charge is 2.06. The van der Waals surface area contributed by atoms with E-state index in [4.69, 9.17) is 4.74 Å². The van der Waals surface area contributed by atoms with Gasteiger partial charge in [0.1, 0.15) is 5.01 Å². The molecule has 0 atom stereocenters. The van der Waals surface area contributed by atoms with Crippen LogP contribution >= 0.6 is 35.3 Å². The topological polar surface area (TPSA) is 58.5 Å². The maximum absolute atomic E-state index is 13.9. The van der Waals surface area contributed by atoms with Gasteiger partial charge in [0.25, 0.3) is 0 Å². The number of nitrogens with zero attached hydrogens (tertiary/aromatic N) is 2. The molecule has 0 aliphatic heterocycles. The Bertz CT molecular complexity index is 716. The smallest absolute Gasteiger partial charge is 0.191 e. The predicted molar refractivity (Wildman–Crippen MR) is 116 cm³/mol. The second kappa shape index (κ2) is 11.3. The summed E-state index contributed by atoms with van der Waals surface area (Å²) in [4.78, 5) is 10.2. The number of aromatic nitrogens is 1. The van der Waals surface area contributed by atoms with Crippen LogP contribution in [0.4, 0.5) is 4.39 Å². The molecule has 26 heavy (non-hydrogen) atoms. The normalized spacial score (nSPS) is 11.0. The Labute approximate surface area is 175 Å². The minimum atomic E-state index is -0.360. The van der Waals surface area contributed by atoms with Crippen molar-refractivity contribution in [1.82, 2.24) is 15.6 Å². The van der Waals surface area contributed by atoms with Gasteiger partial charge in [-0.1, -0.05) is 6.07 Å². The monoisotopic (exact) mass is 492 g/mol. The van der Waals surface area contributed by atoms with Gasteiger partial charge in [0.05, 0.1) is 25.4 Å². The van der Waals surface area contributed by atoms with E-state index in [0.29, 0.717) is 25.7 Å².